The van der Waals surface area contributed by atoms with Crippen LogP contribution in [-0.2, 0) is 6.54 Å². The van der Waals surface area contributed by atoms with Gasteiger partial charge in [0.05, 0.1) is 6.20 Å². The van der Waals surface area contributed by atoms with Crippen molar-refractivity contribution in [1.82, 2.24) is 24.4 Å². The molecule has 0 amide bonds. The van der Waals surface area contributed by atoms with Crippen LogP contribution >= 0.6 is 0 Å². The van der Waals surface area contributed by atoms with Crippen LogP contribution in [0.1, 0.15) is 49.1 Å². The topological polar surface area (TPSA) is 36.7 Å². The lowest BCUT2D eigenvalue weighted by atomic mass is 9.94. The van der Waals surface area contributed by atoms with E-state index in [0.29, 0.717) is 0 Å². The van der Waals surface area contributed by atoms with Crippen LogP contribution in [0.2, 0.25) is 0 Å². The largest absolute Gasteiger partial charge is 0.298 e. The average molecular weight is 327 g/mol. The summed E-state index contributed by atoms with van der Waals surface area (Å²) in [4.78, 5) is 10.0. The van der Waals surface area contributed by atoms with E-state index in [0.717, 1.165) is 29.6 Å². The van der Waals surface area contributed by atoms with Gasteiger partial charge in [0, 0.05) is 55.7 Å². The van der Waals surface area contributed by atoms with Crippen molar-refractivity contribution in [2.75, 3.05) is 26.2 Å². The molecule has 2 aromatic heterocycles. The second kappa shape index (κ2) is 6.81. The van der Waals surface area contributed by atoms with Crippen molar-refractivity contribution in [3.8, 4) is 0 Å². The van der Waals surface area contributed by atoms with Crippen LogP contribution in [0.3, 0.4) is 0 Å². The number of aryl methyl sites for hydroxylation is 2. The number of piperazine rings is 1. The molecule has 1 aliphatic carbocycles. The Morgan fingerprint density at radius 2 is 1.79 bits per heavy atom. The van der Waals surface area contributed by atoms with E-state index in [1.165, 1.54) is 63.8 Å². The maximum Gasteiger partial charge on any atom is 0.159 e. The molecular weight excluding hydrogens is 298 g/mol. The zero-order chi connectivity index (χ0) is 16.5. The predicted octanol–water partition coefficient (Wildman–Crippen LogP) is 2.80. The molecule has 2 fully saturated rings. The fraction of sp³-hybridized carbons (Fsp3) is 0.684. The van der Waals surface area contributed by atoms with E-state index in [1.54, 1.807) is 0 Å². The maximum absolute atomic E-state index is 4.71. The zero-order valence-electron chi connectivity index (χ0n) is 15.0. The minimum atomic E-state index is 0.852. The molecule has 3 heterocycles. The molecule has 24 heavy (non-hydrogen) atoms. The zero-order valence-corrected chi connectivity index (χ0v) is 15.0. The summed E-state index contributed by atoms with van der Waals surface area (Å²) in [7, 11) is 0. The quantitative estimate of drug-likeness (QED) is 0.869. The summed E-state index contributed by atoms with van der Waals surface area (Å²) in [5.41, 5.74) is 4.52. The van der Waals surface area contributed by atoms with Gasteiger partial charge in [-0.25, -0.2) is 9.50 Å². The van der Waals surface area contributed by atoms with E-state index >= 15 is 0 Å². The first-order chi connectivity index (χ1) is 11.7. The molecule has 1 saturated carbocycles. The highest BCUT2D eigenvalue weighted by Crippen LogP contribution is 2.24. The van der Waals surface area contributed by atoms with Crippen LogP contribution in [0.15, 0.2) is 12.3 Å². The predicted molar refractivity (Wildman–Crippen MR) is 96.2 cm³/mol. The van der Waals surface area contributed by atoms with Gasteiger partial charge in [0.1, 0.15) is 0 Å². The molecule has 0 bridgehead atoms. The third-order valence-corrected chi connectivity index (χ3v) is 5.74. The molecule has 0 aromatic carbocycles. The first-order valence-corrected chi connectivity index (χ1v) is 9.48. The van der Waals surface area contributed by atoms with E-state index < -0.39 is 0 Å². The molecule has 0 atom stereocenters. The van der Waals surface area contributed by atoms with Gasteiger partial charge in [-0.15, -0.1) is 0 Å². The Hall–Kier alpha value is -1.46. The molecule has 0 N–H and O–H groups in total. The highest BCUT2D eigenvalue weighted by molar-refractivity contribution is 5.47. The first kappa shape index (κ1) is 16.0. The van der Waals surface area contributed by atoms with Crippen molar-refractivity contribution in [2.45, 2.75) is 58.5 Å². The number of aromatic nitrogens is 3. The van der Waals surface area contributed by atoms with Crippen molar-refractivity contribution in [1.29, 1.82) is 0 Å². The average Bonchev–Trinajstić information content (AvgIpc) is 2.99. The molecule has 0 spiro atoms. The Kier molecular flexibility index (Phi) is 4.55. The van der Waals surface area contributed by atoms with E-state index in [2.05, 4.69) is 34.8 Å². The molecule has 4 rings (SSSR count). The van der Waals surface area contributed by atoms with Gasteiger partial charge in [-0.05, 0) is 32.8 Å². The fourth-order valence-corrected chi connectivity index (χ4v) is 4.40. The van der Waals surface area contributed by atoms with Crippen LogP contribution in [0.5, 0.6) is 0 Å². The summed E-state index contributed by atoms with van der Waals surface area (Å²) in [5.74, 6) is 0. The molecule has 2 aromatic rings. The van der Waals surface area contributed by atoms with Crippen LogP contribution in [-0.4, -0.2) is 56.6 Å². The van der Waals surface area contributed by atoms with Crippen molar-refractivity contribution in [3.63, 3.8) is 0 Å². The Morgan fingerprint density at radius 3 is 2.54 bits per heavy atom. The second-order valence-electron chi connectivity index (χ2n) is 7.55. The Morgan fingerprint density at radius 1 is 1.04 bits per heavy atom. The van der Waals surface area contributed by atoms with Gasteiger partial charge >= 0.3 is 0 Å². The highest BCUT2D eigenvalue weighted by Gasteiger charge is 2.25. The summed E-state index contributed by atoms with van der Waals surface area (Å²) >= 11 is 0. The summed E-state index contributed by atoms with van der Waals surface area (Å²) in [5, 5.41) is 4.53. The lowest BCUT2D eigenvalue weighted by molar-refractivity contribution is 0.0756. The van der Waals surface area contributed by atoms with Crippen LogP contribution in [0.4, 0.5) is 0 Å². The molecule has 5 heteroatoms. The van der Waals surface area contributed by atoms with Crippen LogP contribution < -0.4 is 0 Å². The number of hydrogen-bond donors (Lipinski definition) is 0. The Labute approximate surface area is 144 Å². The summed E-state index contributed by atoms with van der Waals surface area (Å²) in [6, 6.07) is 2.94. The van der Waals surface area contributed by atoms with Gasteiger partial charge < -0.3 is 0 Å². The molecule has 0 radical (unpaired) electrons. The van der Waals surface area contributed by atoms with Crippen molar-refractivity contribution in [2.24, 2.45) is 0 Å². The molecular formula is C19H29N5. The monoisotopic (exact) mass is 327 g/mol. The van der Waals surface area contributed by atoms with Gasteiger partial charge in [-0.2, -0.15) is 5.10 Å². The number of rotatable bonds is 3. The van der Waals surface area contributed by atoms with Crippen LogP contribution in [0.25, 0.3) is 5.65 Å². The van der Waals surface area contributed by atoms with Crippen LogP contribution in [0, 0.1) is 13.8 Å². The number of fused-ring (bicyclic) bond motifs is 1. The van der Waals surface area contributed by atoms with Gasteiger partial charge in [-0.3, -0.25) is 9.80 Å². The van der Waals surface area contributed by atoms with Gasteiger partial charge in [-0.1, -0.05) is 19.3 Å². The van der Waals surface area contributed by atoms with Gasteiger partial charge in [0.15, 0.2) is 5.65 Å². The lowest BCUT2D eigenvalue weighted by Crippen LogP contribution is -2.50. The standard InChI is InChI=1S/C19H29N5/c1-15-12-16(2)24-19(21-15)17(13-20-24)14-22-8-10-23(11-9-22)18-6-4-3-5-7-18/h12-13,18H,3-11,14H2,1-2H3. The fourth-order valence-electron chi connectivity index (χ4n) is 4.40. The summed E-state index contributed by atoms with van der Waals surface area (Å²) in [6.45, 7) is 9.90. The molecule has 5 nitrogen and oxygen atoms in total. The lowest BCUT2D eigenvalue weighted by Gasteiger charge is -2.40. The maximum atomic E-state index is 4.71. The normalized spacial score (nSPS) is 21.6. The highest BCUT2D eigenvalue weighted by atomic mass is 15.3. The summed E-state index contributed by atoms with van der Waals surface area (Å²) < 4.78 is 1.97. The van der Waals surface area contributed by atoms with Gasteiger partial charge in [0.25, 0.3) is 0 Å². The third-order valence-electron chi connectivity index (χ3n) is 5.74. The minimum absolute atomic E-state index is 0.852. The van der Waals surface area contributed by atoms with Crippen molar-refractivity contribution < 1.29 is 0 Å². The van der Waals surface area contributed by atoms with E-state index in [1.807, 2.05) is 10.7 Å². The SMILES string of the molecule is Cc1cc(C)n2ncc(CN3CCN(C4CCCCC4)CC3)c2n1. The number of nitrogens with zero attached hydrogens (tertiary/aromatic N) is 5. The Bertz CT molecular complexity index is 693. The molecule has 2 aliphatic rings. The van der Waals surface area contributed by atoms with Gasteiger partial charge in [0.2, 0.25) is 0 Å². The smallest absolute Gasteiger partial charge is 0.159 e. The van der Waals surface area contributed by atoms with E-state index in [4.69, 9.17) is 4.98 Å². The first-order valence-electron chi connectivity index (χ1n) is 9.48. The van der Waals surface area contributed by atoms with E-state index in [-0.39, 0.29) is 0 Å². The van der Waals surface area contributed by atoms with Crippen molar-refractivity contribution >= 4 is 5.65 Å². The summed E-state index contributed by atoms with van der Waals surface area (Å²) in [6.07, 6.45) is 9.13. The van der Waals surface area contributed by atoms with E-state index in [9.17, 15) is 0 Å². The number of hydrogen-bond acceptors (Lipinski definition) is 4. The van der Waals surface area contributed by atoms with Crippen molar-refractivity contribution in [3.05, 3.63) is 29.2 Å². The third kappa shape index (κ3) is 3.20. The second-order valence-corrected chi connectivity index (χ2v) is 7.55. The molecule has 1 saturated heterocycles. The Balaban J connectivity index is 1.40. The molecule has 1 aliphatic heterocycles. The molecule has 130 valence electrons. The minimum Gasteiger partial charge on any atom is -0.298 e. The molecule has 0 unspecified atom stereocenters.